The number of nitrogens with one attached hydrogen (secondary N) is 2. The standard InChI is InChI=1S/C20H29N5O2/c1-5-25(6-2)16-8-9-17(15(3)14-16)22-20(26)18-10-11-19(24-23-18)21-12-7-13-27-4/h8-11,14H,5-7,12-13H2,1-4H3,(H,21,24)(H,22,26). The van der Waals surface area contributed by atoms with Gasteiger partial charge in [0, 0.05) is 44.7 Å². The highest BCUT2D eigenvalue weighted by atomic mass is 16.5. The van der Waals surface area contributed by atoms with E-state index < -0.39 is 0 Å². The molecule has 1 aromatic carbocycles. The van der Waals surface area contributed by atoms with Crippen molar-refractivity contribution in [3.63, 3.8) is 0 Å². The summed E-state index contributed by atoms with van der Waals surface area (Å²) in [6, 6.07) is 9.46. The van der Waals surface area contributed by atoms with E-state index in [4.69, 9.17) is 4.74 Å². The number of hydrogen-bond donors (Lipinski definition) is 2. The number of benzene rings is 1. The van der Waals surface area contributed by atoms with Gasteiger partial charge in [0.25, 0.3) is 5.91 Å². The van der Waals surface area contributed by atoms with Gasteiger partial charge in [0.2, 0.25) is 0 Å². The highest BCUT2D eigenvalue weighted by Crippen LogP contribution is 2.23. The Labute approximate surface area is 161 Å². The zero-order chi connectivity index (χ0) is 19.6. The third-order valence-corrected chi connectivity index (χ3v) is 4.32. The Morgan fingerprint density at radius 1 is 1.15 bits per heavy atom. The van der Waals surface area contributed by atoms with E-state index in [1.807, 2.05) is 19.1 Å². The number of aryl methyl sites for hydroxylation is 1. The normalized spacial score (nSPS) is 10.5. The van der Waals surface area contributed by atoms with Gasteiger partial charge >= 0.3 is 0 Å². The predicted molar refractivity (Wildman–Crippen MR) is 110 cm³/mol. The first-order valence-corrected chi connectivity index (χ1v) is 9.32. The Balaban J connectivity index is 1.98. The van der Waals surface area contributed by atoms with Crippen LogP contribution >= 0.6 is 0 Å². The van der Waals surface area contributed by atoms with Gasteiger partial charge in [0.15, 0.2) is 5.69 Å². The maximum absolute atomic E-state index is 12.4. The minimum absolute atomic E-state index is 0.271. The van der Waals surface area contributed by atoms with Crippen LogP contribution in [0.1, 0.15) is 36.3 Å². The Morgan fingerprint density at radius 3 is 2.52 bits per heavy atom. The second-order valence-electron chi connectivity index (χ2n) is 6.20. The molecule has 7 nitrogen and oxygen atoms in total. The van der Waals surface area contributed by atoms with Crippen molar-refractivity contribution in [2.75, 3.05) is 48.9 Å². The molecule has 0 bridgehead atoms. The molecule has 1 amide bonds. The maximum Gasteiger partial charge on any atom is 0.276 e. The van der Waals surface area contributed by atoms with Gasteiger partial charge in [0.1, 0.15) is 5.82 Å². The molecule has 1 aromatic heterocycles. The van der Waals surface area contributed by atoms with Gasteiger partial charge in [-0.25, -0.2) is 0 Å². The van der Waals surface area contributed by atoms with E-state index in [2.05, 4.69) is 45.6 Å². The first kappa shape index (κ1) is 20.6. The highest BCUT2D eigenvalue weighted by molar-refractivity contribution is 6.03. The SMILES string of the molecule is CCN(CC)c1ccc(NC(=O)c2ccc(NCCCOC)nn2)c(C)c1. The van der Waals surface area contributed by atoms with Gasteiger partial charge in [0.05, 0.1) is 0 Å². The zero-order valence-electron chi connectivity index (χ0n) is 16.6. The lowest BCUT2D eigenvalue weighted by molar-refractivity contribution is 0.102. The van der Waals surface area contributed by atoms with Crippen LogP contribution in [0.15, 0.2) is 30.3 Å². The number of anilines is 3. The van der Waals surface area contributed by atoms with E-state index in [1.54, 1.807) is 19.2 Å². The van der Waals surface area contributed by atoms with E-state index >= 15 is 0 Å². The van der Waals surface area contributed by atoms with Crippen LogP contribution in [0, 0.1) is 6.92 Å². The quantitative estimate of drug-likeness (QED) is 0.624. The van der Waals surface area contributed by atoms with Crippen LogP contribution in [-0.2, 0) is 4.74 Å². The topological polar surface area (TPSA) is 79.4 Å². The summed E-state index contributed by atoms with van der Waals surface area (Å²) in [5.74, 6) is 0.370. The summed E-state index contributed by atoms with van der Waals surface area (Å²) in [6.45, 7) is 9.57. The zero-order valence-corrected chi connectivity index (χ0v) is 16.6. The fourth-order valence-electron chi connectivity index (χ4n) is 2.74. The molecule has 0 spiro atoms. The molecule has 2 aromatic rings. The molecule has 0 saturated heterocycles. The summed E-state index contributed by atoms with van der Waals surface area (Å²) in [5.41, 5.74) is 3.22. The molecular weight excluding hydrogens is 342 g/mol. The summed E-state index contributed by atoms with van der Waals surface area (Å²) in [5, 5.41) is 14.1. The molecule has 27 heavy (non-hydrogen) atoms. The summed E-state index contributed by atoms with van der Waals surface area (Å²) in [4.78, 5) is 14.7. The van der Waals surface area contributed by atoms with E-state index in [9.17, 15) is 4.79 Å². The Morgan fingerprint density at radius 2 is 1.93 bits per heavy atom. The van der Waals surface area contributed by atoms with Crippen LogP contribution in [-0.4, -0.2) is 49.5 Å². The number of carbonyl (C=O) groups is 1. The summed E-state index contributed by atoms with van der Waals surface area (Å²) in [7, 11) is 1.67. The van der Waals surface area contributed by atoms with Crippen LogP contribution in [0.5, 0.6) is 0 Å². The third kappa shape index (κ3) is 5.92. The molecule has 0 aliphatic carbocycles. The lowest BCUT2D eigenvalue weighted by Crippen LogP contribution is -2.22. The van der Waals surface area contributed by atoms with Crippen molar-refractivity contribution in [2.45, 2.75) is 27.2 Å². The van der Waals surface area contributed by atoms with Crippen LogP contribution in [0.3, 0.4) is 0 Å². The Bertz CT molecular complexity index is 730. The first-order chi connectivity index (χ1) is 13.1. The molecule has 0 saturated carbocycles. The summed E-state index contributed by atoms with van der Waals surface area (Å²) in [6.07, 6.45) is 0.878. The second-order valence-corrected chi connectivity index (χ2v) is 6.20. The summed E-state index contributed by atoms with van der Waals surface area (Å²) < 4.78 is 5.00. The van der Waals surface area contributed by atoms with Crippen LogP contribution < -0.4 is 15.5 Å². The largest absolute Gasteiger partial charge is 0.385 e. The third-order valence-electron chi connectivity index (χ3n) is 4.32. The molecule has 0 aliphatic rings. The van der Waals surface area contributed by atoms with Gasteiger partial charge in [-0.15, -0.1) is 10.2 Å². The molecule has 0 fully saturated rings. The molecule has 7 heteroatoms. The van der Waals surface area contributed by atoms with Crippen molar-refractivity contribution in [1.29, 1.82) is 0 Å². The smallest absolute Gasteiger partial charge is 0.276 e. The summed E-state index contributed by atoms with van der Waals surface area (Å²) >= 11 is 0. The number of amides is 1. The number of ether oxygens (including phenoxy) is 1. The number of aromatic nitrogens is 2. The molecule has 0 atom stereocenters. The number of methoxy groups -OCH3 is 1. The number of nitrogens with zero attached hydrogens (tertiary/aromatic N) is 3. The minimum atomic E-state index is -0.271. The molecule has 1 heterocycles. The molecule has 0 aliphatic heterocycles. The maximum atomic E-state index is 12.4. The van der Waals surface area contributed by atoms with Crippen molar-refractivity contribution in [1.82, 2.24) is 10.2 Å². The lowest BCUT2D eigenvalue weighted by Gasteiger charge is -2.22. The van der Waals surface area contributed by atoms with E-state index in [0.717, 1.165) is 43.0 Å². The average Bonchev–Trinajstić information content (AvgIpc) is 2.68. The van der Waals surface area contributed by atoms with Crippen LogP contribution in [0.2, 0.25) is 0 Å². The second kappa shape index (κ2) is 10.5. The van der Waals surface area contributed by atoms with Gasteiger partial charge < -0.3 is 20.3 Å². The van der Waals surface area contributed by atoms with Crippen molar-refractivity contribution >= 4 is 23.1 Å². The molecule has 2 rings (SSSR count). The van der Waals surface area contributed by atoms with Gasteiger partial charge in [-0.05, 0) is 63.1 Å². The van der Waals surface area contributed by atoms with Crippen molar-refractivity contribution < 1.29 is 9.53 Å². The van der Waals surface area contributed by atoms with Gasteiger partial charge in [-0.1, -0.05) is 0 Å². The lowest BCUT2D eigenvalue weighted by atomic mass is 10.1. The molecule has 0 radical (unpaired) electrons. The fourth-order valence-corrected chi connectivity index (χ4v) is 2.74. The van der Waals surface area contributed by atoms with Crippen molar-refractivity contribution in [3.05, 3.63) is 41.6 Å². The van der Waals surface area contributed by atoms with E-state index in [1.165, 1.54) is 0 Å². The van der Waals surface area contributed by atoms with Crippen LogP contribution in [0.4, 0.5) is 17.2 Å². The van der Waals surface area contributed by atoms with E-state index in [0.29, 0.717) is 12.4 Å². The average molecular weight is 371 g/mol. The molecule has 2 N–H and O–H groups in total. The predicted octanol–water partition coefficient (Wildman–Crippen LogP) is 3.33. The highest BCUT2D eigenvalue weighted by Gasteiger charge is 2.11. The fraction of sp³-hybridized carbons (Fsp3) is 0.450. The minimum Gasteiger partial charge on any atom is -0.385 e. The number of rotatable bonds is 10. The Hall–Kier alpha value is -2.67. The molecule has 146 valence electrons. The van der Waals surface area contributed by atoms with Crippen LogP contribution in [0.25, 0.3) is 0 Å². The molecular formula is C20H29N5O2. The van der Waals surface area contributed by atoms with Gasteiger partial charge in [-0.3, -0.25) is 4.79 Å². The molecule has 0 unspecified atom stereocenters. The van der Waals surface area contributed by atoms with Crippen molar-refractivity contribution in [3.8, 4) is 0 Å². The Kier molecular flexibility index (Phi) is 8.00. The van der Waals surface area contributed by atoms with Crippen molar-refractivity contribution in [2.24, 2.45) is 0 Å². The first-order valence-electron chi connectivity index (χ1n) is 9.32. The van der Waals surface area contributed by atoms with E-state index in [-0.39, 0.29) is 11.6 Å². The number of hydrogen-bond acceptors (Lipinski definition) is 6. The van der Waals surface area contributed by atoms with Gasteiger partial charge in [-0.2, -0.15) is 0 Å². The number of carbonyl (C=O) groups excluding carboxylic acids is 1. The monoisotopic (exact) mass is 371 g/mol.